The summed E-state index contributed by atoms with van der Waals surface area (Å²) < 4.78 is 68.5. The number of hydrogen-bond acceptors (Lipinski definition) is 15. The molecule has 3 N–H and O–H groups in total. The van der Waals surface area contributed by atoms with Crippen LogP contribution in [-0.4, -0.2) is 96.7 Å². The monoisotopic (exact) mass is 1410 g/mol. The van der Waals surface area contributed by atoms with E-state index in [2.05, 4.69) is 48.5 Å². The molecule has 0 rings (SSSR count). The molecular formula is C77H150O17P2. The van der Waals surface area contributed by atoms with Crippen molar-refractivity contribution < 1.29 is 80.2 Å². The number of phosphoric ester groups is 2. The van der Waals surface area contributed by atoms with Gasteiger partial charge in [0.1, 0.15) is 19.3 Å². The summed E-state index contributed by atoms with van der Waals surface area (Å²) in [5.41, 5.74) is 0. The Balaban J connectivity index is 5.23. The van der Waals surface area contributed by atoms with Crippen LogP contribution in [0.1, 0.15) is 395 Å². The van der Waals surface area contributed by atoms with Crippen molar-refractivity contribution in [3.05, 3.63) is 0 Å². The number of hydrogen-bond donors (Lipinski definition) is 3. The van der Waals surface area contributed by atoms with Crippen LogP contribution in [0.5, 0.6) is 0 Å². The van der Waals surface area contributed by atoms with Crippen molar-refractivity contribution >= 4 is 39.5 Å². The van der Waals surface area contributed by atoms with Gasteiger partial charge in [-0.25, -0.2) is 9.13 Å². The van der Waals surface area contributed by atoms with Crippen molar-refractivity contribution in [2.24, 2.45) is 17.8 Å². The van der Waals surface area contributed by atoms with E-state index in [0.717, 1.165) is 114 Å². The number of ether oxygens (including phenoxy) is 4. The summed E-state index contributed by atoms with van der Waals surface area (Å²) in [7, 11) is -9.91. The first kappa shape index (κ1) is 94.1. The maximum atomic E-state index is 13.1. The molecule has 0 aliphatic carbocycles. The molecule has 0 saturated heterocycles. The van der Waals surface area contributed by atoms with Crippen molar-refractivity contribution in [3.8, 4) is 0 Å². The van der Waals surface area contributed by atoms with Gasteiger partial charge in [-0.1, -0.05) is 344 Å². The van der Waals surface area contributed by atoms with Gasteiger partial charge in [0.15, 0.2) is 12.2 Å². The highest BCUT2D eigenvalue weighted by Gasteiger charge is 2.30. The van der Waals surface area contributed by atoms with Crippen LogP contribution >= 0.6 is 15.6 Å². The van der Waals surface area contributed by atoms with Gasteiger partial charge in [-0.15, -0.1) is 0 Å². The molecule has 0 fully saturated rings. The van der Waals surface area contributed by atoms with Gasteiger partial charge in [-0.2, -0.15) is 0 Å². The van der Waals surface area contributed by atoms with Crippen LogP contribution in [0.2, 0.25) is 0 Å². The summed E-state index contributed by atoms with van der Waals surface area (Å²) in [6.07, 6.45) is 54.2. The molecule has 0 aliphatic heterocycles. The molecule has 0 aromatic carbocycles. The molecule has 0 radical (unpaired) electrons. The molecule has 0 aromatic rings. The molecule has 0 bridgehead atoms. The fourth-order valence-electron chi connectivity index (χ4n) is 11.7. The maximum Gasteiger partial charge on any atom is 0.472 e. The third-order valence-corrected chi connectivity index (χ3v) is 20.9. The Bertz CT molecular complexity index is 1880. The van der Waals surface area contributed by atoms with E-state index in [1.807, 2.05) is 0 Å². The summed E-state index contributed by atoms with van der Waals surface area (Å²) in [5, 5.41) is 10.6. The number of esters is 4. The van der Waals surface area contributed by atoms with Gasteiger partial charge < -0.3 is 33.8 Å². The minimum atomic E-state index is -4.96. The highest BCUT2D eigenvalue weighted by molar-refractivity contribution is 7.47. The predicted molar refractivity (Wildman–Crippen MR) is 391 cm³/mol. The van der Waals surface area contributed by atoms with Gasteiger partial charge >= 0.3 is 39.5 Å². The number of carbonyl (C=O) groups excluding carboxylic acids is 4. The minimum absolute atomic E-state index is 0.102. The van der Waals surface area contributed by atoms with Crippen LogP contribution < -0.4 is 0 Å². The molecule has 8 atom stereocenters. The molecule has 0 aromatic heterocycles. The second-order valence-electron chi connectivity index (χ2n) is 28.5. The fraction of sp³-hybridized carbons (Fsp3) is 0.948. The maximum absolute atomic E-state index is 13.1. The Kier molecular flexibility index (Phi) is 66.2. The van der Waals surface area contributed by atoms with Crippen LogP contribution in [0.3, 0.4) is 0 Å². The summed E-state index contributed by atoms with van der Waals surface area (Å²) in [6, 6.07) is 0. The molecule has 5 unspecified atom stereocenters. The van der Waals surface area contributed by atoms with Gasteiger partial charge in [-0.05, 0) is 43.4 Å². The first-order valence-electron chi connectivity index (χ1n) is 40.0. The van der Waals surface area contributed by atoms with Gasteiger partial charge in [0.05, 0.1) is 26.4 Å². The van der Waals surface area contributed by atoms with Gasteiger partial charge in [0.25, 0.3) is 0 Å². The summed E-state index contributed by atoms with van der Waals surface area (Å²) in [6.45, 7) is 11.9. The highest BCUT2D eigenvalue weighted by atomic mass is 31.2. The van der Waals surface area contributed by atoms with Crippen LogP contribution in [-0.2, 0) is 65.4 Å². The molecule has 570 valence electrons. The molecule has 0 amide bonds. The molecule has 17 nitrogen and oxygen atoms in total. The molecular weight excluding hydrogens is 1260 g/mol. The normalized spacial score (nSPS) is 14.9. The lowest BCUT2D eigenvalue weighted by Gasteiger charge is -2.21. The Morgan fingerprint density at radius 1 is 0.292 bits per heavy atom. The SMILES string of the molecule is CCCCCCCCCCCCCCCCCCCCC(=O)OC[C@H](COP(=O)(O)OC[C@@H](O)COP(=O)(O)OC[C@@H](COC(=O)CCCCCCCCC(C)CC)OC(=O)CCCCCCCCC(C)CC)OC(=O)CCCCCCCCCCCCCCCCC(C)CC. The van der Waals surface area contributed by atoms with Crippen LogP contribution in [0.25, 0.3) is 0 Å². The van der Waals surface area contributed by atoms with Crippen molar-refractivity contribution in [1.29, 1.82) is 0 Å². The molecule has 0 heterocycles. The van der Waals surface area contributed by atoms with Gasteiger partial charge in [0.2, 0.25) is 0 Å². The largest absolute Gasteiger partial charge is 0.472 e. The summed E-state index contributed by atoms with van der Waals surface area (Å²) in [5.74, 6) is 0.176. The number of aliphatic hydroxyl groups excluding tert-OH is 1. The van der Waals surface area contributed by atoms with Crippen molar-refractivity contribution in [3.63, 3.8) is 0 Å². The molecule has 19 heteroatoms. The number of phosphoric acid groups is 2. The third-order valence-electron chi connectivity index (χ3n) is 19.0. The Hall–Kier alpha value is -1.94. The summed E-state index contributed by atoms with van der Waals surface area (Å²) >= 11 is 0. The Labute approximate surface area is 588 Å². The highest BCUT2D eigenvalue weighted by Crippen LogP contribution is 2.45. The van der Waals surface area contributed by atoms with E-state index >= 15 is 0 Å². The zero-order chi connectivity index (χ0) is 70.9. The lowest BCUT2D eigenvalue weighted by Crippen LogP contribution is -2.30. The van der Waals surface area contributed by atoms with Gasteiger partial charge in [-0.3, -0.25) is 37.3 Å². The minimum Gasteiger partial charge on any atom is -0.462 e. The molecule has 96 heavy (non-hydrogen) atoms. The topological polar surface area (TPSA) is 237 Å². The molecule has 0 saturated carbocycles. The summed E-state index contributed by atoms with van der Waals surface area (Å²) in [4.78, 5) is 72.8. The lowest BCUT2D eigenvalue weighted by molar-refractivity contribution is -0.161. The van der Waals surface area contributed by atoms with E-state index in [0.29, 0.717) is 25.7 Å². The Morgan fingerprint density at radius 2 is 0.500 bits per heavy atom. The van der Waals surface area contributed by atoms with Gasteiger partial charge in [0, 0.05) is 25.7 Å². The number of rotatable bonds is 75. The zero-order valence-electron chi connectivity index (χ0n) is 62.8. The fourth-order valence-corrected chi connectivity index (χ4v) is 13.3. The van der Waals surface area contributed by atoms with Crippen molar-refractivity contribution in [2.45, 2.75) is 414 Å². The quantitative estimate of drug-likeness (QED) is 0.0222. The van der Waals surface area contributed by atoms with E-state index in [1.54, 1.807) is 0 Å². The average molecular weight is 1410 g/mol. The van der Waals surface area contributed by atoms with Crippen molar-refractivity contribution in [1.82, 2.24) is 0 Å². The van der Waals surface area contributed by atoms with Crippen LogP contribution in [0.15, 0.2) is 0 Å². The predicted octanol–water partition coefficient (Wildman–Crippen LogP) is 22.6. The van der Waals surface area contributed by atoms with Crippen LogP contribution in [0.4, 0.5) is 0 Å². The first-order chi connectivity index (χ1) is 46.3. The third kappa shape index (κ3) is 66.6. The van der Waals surface area contributed by atoms with Crippen molar-refractivity contribution in [2.75, 3.05) is 39.6 Å². The average Bonchev–Trinajstić information content (AvgIpc) is 1.21. The van der Waals surface area contributed by atoms with Crippen LogP contribution in [0, 0.1) is 17.8 Å². The molecule has 0 aliphatic rings. The smallest absolute Gasteiger partial charge is 0.462 e. The van der Waals surface area contributed by atoms with E-state index in [4.69, 9.17) is 37.0 Å². The number of carbonyl (C=O) groups is 4. The van der Waals surface area contributed by atoms with E-state index in [1.165, 1.54) is 199 Å². The molecule has 0 spiro atoms. The lowest BCUT2D eigenvalue weighted by atomic mass is 9.99. The second-order valence-corrected chi connectivity index (χ2v) is 31.4. The zero-order valence-corrected chi connectivity index (χ0v) is 64.6. The first-order valence-corrected chi connectivity index (χ1v) is 43.0. The standard InChI is InChI=1S/C77H150O17P2/c1-8-12-13-14-15-16-17-18-19-20-21-22-26-29-32-35-44-51-58-74(79)87-64-72(93-76(81)60-53-46-36-33-30-27-24-23-25-28-31-34-41-48-55-68(5)9-2)66-91-95(83,84)89-62-71(78)63-90-96(85,86)92-67-73(94-77(82)61-54-47-40-38-43-50-57-70(7)11-4)65-88-75(80)59-52-45-39-37-42-49-56-69(6)10-3/h68-73,78H,8-67H2,1-7H3,(H,83,84)(H,85,86)/t68?,69?,70?,71-,72-,73-/m1/s1. The number of unbranched alkanes of at least 4 members (excludes halogenated alkanes) is 40. The number of aliphatic hydroxyl groups is 1. The second kappa shape index (κ2) is 67.5. The van der Waals surface area contributed by atoms with E-state index < -0.39 is 97.5 Å². The van der Waals surface area contributed by atoms with E-state index in [-0.39, 0.29) is 25.7 Å². The Morgan fingerprint density at radius 3 is 0.740 bits per heavy atom. The van der Waals surface area contributed by atoms with E-state index in [9.17, 15) is 43.2 Å².